The Hall–Kier alpha value is -3.10. The molecule has 1 saturated carbocycles. The van der Waals surface area contributed by atoms with Crippen LogP contribution in [0.25, 0.3) is 0 Å². The van der Waals surface area contributed by atoms with Crippen LogP contribution >= 0.6 is 0 Å². The molecule has 1 aliphatic carbocycles. The molecule has 2 aliphatic heterocycles. The topological polar surface area (TPSA) is 95.1 Å². The van der Waals surface area contributed by atoms with Crippen LogP contribution in [-0.2, 0) is 9.47 Å². The highest BCUT2D eigenvalue weighted by molar-refractivity contribution is 6.02. The van der Waals surface area contributed by atoms with Crippen LogP contribution in [0.15, 0.2) is 36.4 Å². The van der Waals surface area contributed by atoms with E-state index in [1.807, 2.05) is 37.3 Å². The van der Waals surface area contributed by atoms with Gasteiger partial charge in [0.1, 0.15) is 24.2 Å². The van der Waals surface area contributed by atoms with Gasteiger partial charge in [-0.15, -0.1) is 0 Å². The zero-order valence-electron chi connectivity index (χ0n) is 19.6. The van der Waals surface area contributed by atoms with E-state index in [2.05, 4.69) is 10.6 Å². The number of carbonyl (C=O) groups is 2. The lowest BCUT2D eigenvalue weighted by Crippen LogP contribution is -2.30. The highest BCUT2D eigenvalue weighted by atomic mass is 16.5. The first-order valence-corrected chi connectivity index (χ1v) is 11.7. The largest absolute Gasteiger partial charge is 0.491 e. The SMILES string of the molecule is CNC(=O)c1cc(C(=O)NC2C3COCC32)cc2c1O[C@@H](C)C2c1cccc(OCCOC)c1. The lowest BCUT2D eigenvalue weighted by Gasteiger charge is -2.17. The second kappa shape index (κ2) is 9.27. The van der Waals surface area contributed by atoms with Crippen LogP contribution in [0, 0.1) is 11.8 Å². The third kappa shape index (κ3) is 4.12. The molecule has 3 unspecified atom stereocenters. The van der Waals surface area contributed by atoms with Crippen molar-refractivity contribution in [1.29, 1.82) is 0 Å². The van der Waals surface area contributed by atoms with E-state index >= 15 is 0 Å². The van der Waals surface area contributed by atoms with Crippen molar-refractivity contribution in [3.8, 4) is 11.5 Å². The maximum absolute atomic E-state index is 13.2. The molecule has 0 spiro atoms. The highest BCUT2D eigenvalue weighted by Crippen LogP contribution is 2.46. The summed E-state index contributed by atoms with van der Waals surface area (Å²) in [6.07, 6.45) is -0.217. The first kappa shape index (κ1) is 22.7. The summed E-state index contributed by atoms with van der Waals surface area (Å²) in [5.74, 6) is 1.44. The number of rotatable bonds is 8. The van der Waals surface area contributed by atoms with Crippen molar-refractivity contribution in [2.75, 3.05) is 40.6 Å². The van der Waals surface area contributed by atoms with E-state index in [0.717, 1.165) is 16.9 Å². The highest BCUT2D eigenvalue weighted by Gasteiger charge is 2.54. The molecule has 2 fully saturated rings. The average molecular weight is 467 g/mol. The molecule has 0 aromatic heterocycles. The Morgan fingerprint density at radius 2 is 1.88 bits per heavy atom. The number of benzene rings is 2. The van der Waals surface area contributed by atoms with E-state index in [1.165, 1.54) is 0 Å². The molecule has 2 aromatic carbocycles. The van der Waals surface area contributed by atoms with E-state index in [1.54, 1.807) is 20.2 Å². The molecule has 3 aliphatic rings. The van der Waals surface area contributed by atoms with E-state index in [-0.39, 0.29) is 29.9 Å². The molecule has 0 bridgehead atoms. The Balaban J connectivity index is 1.47. The van der Waals surface area contributed by atoms with Gasteiger partial charge in [-0.25, -0.2) is 0 Å². The zero-order valence-corrected chi connectivity index (χ0v) is 19.6. The number of carbonyl (C=O) groups excluding carboxylic acids is 2. The second-order valence-corrected chi connectivity index (χ2v) is 9.10. The number of hydrogen-bond acceptors (Lipinski definition) is 6. The van der Waals surface area contributed by atoms with Gasteiger partial charge in [0, 0.05) is 49.1 Å². The van der Waals surface area contributed by atoms with Crippen LogP contribution in [0.5, 0.6) is 11.5 Å². The molecule has 5 rings (SSSR count). The third-order valence-electron chi connectivity index (χ3n) is 6.98. The summed E-state index contributed by atoms with van der Waals surface area (Å²) >= 11 is 0. The molecule has 0 radical (unpaired) electrons. The summed E-state index contributed by atoms with van der Waals surface area (Å²) in [7, 11) is 3.21. The van der Waals surface area contributed by atoms with Crippen molar-refractivity contribution in [1.82, 2.24) is 10.6 Å². The van der Waals surface area contributed by atoms with Crippen molar-refractivity contribution >= 4 is 11.8 Å². The quantitative estimate of drug-likeness (QED) is 0.580. The predicted octanol–water partition coefficient (Wildman–Crippen LogP) is 2.36. The predicted molar refractivity (Wildman–Crippen MR) is 125 cm³/mol. The number of hydrogen-bond donors (Lipinski definition) is 2. The van der Waals surface area contributed by atoms with Crippen LogP contribution in [0.4, 0.5) is 0 Å². The average Bonchev–Trinajstić information content (AvgIpc) is 3.15. The van der Waals surface area contributed by atoms with Gasteiger partial charge < -0.3 is 29.6 Å². The maximum atomic E-state index is 13.2. The summed E-state index contributed by atoms with van der Waals surface area (Å²) in [5.41, 5.74) is 2.65. The monoisotopic (exact) mass is 466 g/mol. The number of amides is 2. The molecule has 2 heterocycles. The molecule has 4 atom stereocenters. The summed E-state index contributed by atoms with van der Waals surface area (Å²) in [6, 6.07) is 11.5. The fourth-order valence-corrected chi connectivity index (χ4v) is 5.13. The summed E-state index contributed by atoms with van der Waals surface area (Å²) in [4.78, 5) is 25.9. The van der Waals surface area contributed by atoms with Gasteiger partial charge in [-0.1, -0.05) is 12.1 Å². The second-order valence-electron chi connectivity index (χ2n) is 9.10. The van der Waals surface area contributed by atoms with Crippen molar-refractivity contribution in [3.05, 3.63) is 58.7 Å². The van der Waals surface area contributed by atoms with E-state index in [9.17, 15) is 9.59 Å². The van der Waals surface area contributed by atoms with Crippen LogP contribution in [0.1, 0.15) is 44.7 Å². The van der Waals surface area contributed by atoms with Crippen LogP contribution < -0.4 is 20.1 Å². The van der Waals surface area contributed by atoms with E-state index < -0.39 is 0 Å². The fraction of sp³-hybridized carbons (Fsp3) is 0.462. The summed E-state index contributed by atoms with van der Waals surface area (Å²) < 4.78 is 22.5. The molecule has 34 heavy (non-hydrogen) atoms. The van der Waals surface area contributed by atoms with Crippen LogP contribution in [0.3, 0.4) is 0 Å². The Labute approximate surface area is 198 Å². The summed E-state index contributed by atoms with van der Waals surface area (Å²) in [6.45, 7) is 4.31. The van der Waals surface area contributed by atoms with Gasteiger partial charge in [0.2, 0.25) is 0 Å². The Morgan fingerprint density at radius 3 is 2.62 bits per heavy atom. The lowest BCUT2D eigenvalue weighted by molar-refractivity contribution is 0.0928. The van der Waals surface area contributed by atoms with Gasteiger partial charge in [-0.3, -0.25) is 9.59 Å². The molecular weight excluding hydrogens is 436 g/mol. The van der Waals surface area contributed by atoms with Gasteiger partial charge >= 0.3 is 0 Å². The standard InChI is InChI=1S/C26H30N2O6/c1-14-22(15-5-4-6-17(9-15)33-8-7-31-3)18-10-16(11-19(24(18)34-14)26(30)27-2)25(29)28-23-20-12-32-13-21(20)23/h4-6,9-11,14,20-23H,7-8,12-13H2,1-3H3,(H,27,30)(H,28,29)/t14-,20?,21?,22?,23?/m0/s1. The smallest absolute Gasteiger partial charge is 0.254 e. The van der Waals surface area contributed by atoms with Crippen molar-refractivity contribution in [3.63, 3.8) is 0 Å². The molecular formula is C26H30N2O6. The fourth-order valence-electron chi connectivity index (χ4n) is 5.13. The minimum Gasteiger partial charge on any atom is -0.491 e. The zero-order chi connectivity index (χ0) is 23.8. The Morgan fingerprint density at radius 1 is 1.09 bits per heavy atom. The molecule has 8 heteroatoms. The van der Waals surface area contributed by atoms with Gasteiger partial charge in [-0.2, -0.15) is 0 Å². The molecule has 180 valence electrons. The first-order chi connectivity index (χ1) is 16.5. The number of methoxy groups -OCH3 is 1. The van der Waals surface area contributed by atoms with E-state index in [4.69, 9.17) is 18.9 Å². The molecule has 1 saturated heterocycles. The minimum atomic E-state index is -0.285. The first-order valence-electron chi connectivity index (χ1n) is 11.7. The van der Waals surface area contributed by atoms with Crippen molar-refractivity contribution in [2.24, 2.45) is 11.8 Å². The number of fused-ring (bicyclic) bond motifs is 2. The summed E-state index contributed by atoms with van der Waals surface area (Å²) in [5, 5.41) is 5.80. The lowest BCUT2D eigenvalue weighted by atomic mass is 9.86. The van der Waals surface area contributed by atoms with Gasteiger partial charge in [0.25, 0.3) is 11.8 Å². The molecule has 2 N–H and O–H groups in total. The van der Waals surface area contributed by atoms with Gasteiger partial charge in [0.05, 0.1) is 25.4 Å². The normalized spacial score (nSPS) is 26.3. The maximum Gasteiger partial charge on any atom is 0.254 e. The van der Waals surface area contributed by atoms with Crippen molar-refractivity contribution in [2.45, 2.75) is 25.0 Å². The molecule has 2 aromatic rings. The van der Waals surface area contributed by atoms with Crippen LogP contribution in [0.2, 0.25) is 0 Å². The minimum absolute atomic E-state index is 0.143. The number of nitrogens with one attached hydrogen (secondary N) is 2. The Kier molecular flexibility index (Phi) is 6.18. The van der Waals surface area contributed by atoms with Crippen LogP contribution in [-0.4, -0.2) is 64.5 Å². The van der Waals surface area contributed by atoms with Gasteiger partial charge in [-0.05, 0) is 36.8 Å². The molecule has 8 nitrogen and oxygen atoms in total. The van der Waals surface area contributed by atoms with Gasteiger partial charge in [0.15, 0.2) is 0 Å². The Bertz CT molecular complexity index is 1090. The number of ether oxygens (including phenoxy) is 4. The van der Waals surface area contributed by atoms with E-state index in [0.29, 0.717) is 55.1 Å². The molecule has 2 amide bonds. The third-order valence-corrected chi connectivity index (χ3v) is 6.98. The van der Waals surface area contributed by atoms with Crippen molar-refractivity contribution < 1.29 is 28.5 Å².